The zero-order chi connectivity index (χ0) is 14.7. The number of aromatic nitrogens is 3. The minimum Gasteiger partial charge on any atom is -0.329 e. The molecule has 0 aromatic carbocycles. The van der Waals surface area contributed by atoms with Crippen molar-refractivity contribution in [1.82, 2.24) is 19.3 Å². The maximum atomic E-state index is 12.7. The van der Waals surface area contributed by atoms with Crippen molar-refractivity contribution < 1.29 is 8.42 Å². The lowest BCUT2D eigenvalue weighted by molar-refractivity contribution is 0.194. The fraction of sp³-hybridized carbons (Fsp3) is 0.818. The molecule has 1 rings (SSSR count). The van der Waals surface area contributed by atoms with Crippen LogP contribution in [0, 0.1) is 0 Å². The van der Waals surface area contributed by atoms with E-state index in [4.69, 9.17) is 5.73 Å². The molecular weight excluding hydrogens is 266 g/mol. The van der Waals surface area contributed by atoms with Crippen molar-refractivity contribution >= 4 is 10.0 Å². The van der Waals surface area contributed by atoms with Crippen LogP contribution in [0.25, 0.3) is 0 Å². The van der Waals surface area contributed by atoms with Gasteiger partial charge in [-0.1, -0.05) is 13.8 Å². The minimum atomic E-state index is -3.67. The number of nitrogens with two attached hydrogens (primary N) is 1. The van der Waals surface area contributed by atoms with Crippen molar-refractivity contribution in [1.29, 1.82) is 0 Å². The van der Waals surface area contributed by atoms with E-state index in [0.29, 0.717) is 12.8 Å². The average molecular weight is 289 g/mol. The van der Waals surface area contributed by atoms with Crippen LogP contribution in [0.4, 0.5) is 0 Å². The van der Waals surface area contributed by atoms with E-state index in [2.05, 4.69) is 10.2 Å². The molecule has 0 radical (unpaired) electrons. The maximum Gasteiger partial charge on any atom is 0.264 e. The van der Waals surface area contributed by atoms with E-state index in [1.54, 1.807) is 7.05 Å². The molecule has 0 spiro atoms. The molecule has 0 saturated carbocycles. The first-order chi connectivity index (χ1) is 8.81. The van der Waals surface area contributed by atoms with E-state index in [-0.39, 0.29) is 18.1 Å². The molecule has 8 heteroatoms. The number of nitrogens with zero attached hydrogens (tertiary/aromatic N) is 4. The predicted octanol–water partition coefficient (Wildman–Crippen LogP) is 0.343. The van der Waals surface area contributed by atoms with Gasteiger partial charge in [0.1, 0.15) is 0 Å². The molecular formula is C11H23N5O2S. The standard InChI is InChI=1S/C11H23N5O2S/c1-5-11(3,6-2)16(8-7-12)19(17,18)10-9-13-15(4)14-10/h9H,5-8,12H2,1-4H3. The molecule has 0 saturated heterocycles. The van der Waals surface area contributed by atoms with E-state index in [1.807, 2.05) is 20.8 Å². The molecule has 19 heavy (non-hydrogen) atoms. The molecule has 2 N–H and O–H groups in total. The average Bonchev–Trinajstić information content (AvgIpc) is 2.82. The Bertz CT molecular complexity index is 507. The highest BCUT2D eigenvalue weighted by atomic mass is 32.2. The Morgan fingerprint density at radius 2 is 2.00 bits per heavy atom. The van der Waals surface area contributed by atoms with Crippen LogP contribution in [-0.2, 0) is 17.1 Å². The van der Waals surface area contributed by atoms with Gasteiger partial charge in [0.2, 0.25) is 5.03 Å². The van der Waals surface area contributed by atoms with Crippen molar-refractivity contribution in [2.75, 3.05) is 13.1 Å². The van der Waals surface area contributed by atoms with Gasteiger partial charge in [-0.3, -0.25) is 0 Å². The summed E-state index contributed by atoms with van der Waals surface area (Å²) in [6.45, 7) is 6.42. The van der Waals surface area contributed by atoms with Gasteiger partial charge in [-0.2, -0.15) is 14.2 Å². The largest absolute Gasteiger partial charge is 0.329 e. The van der Waals surface area contributed by atoms with Gasteiger partial charge in [0.25, 0.3) is 10.0 Å². The smallest absolute Gasteiger partial charge is 0.264 e. The van der Waals surface area contributed by atoms with Crippen molar-refractivity contribution in [2.45, 2.75) is 44.2 Å². The molecule has 1 aromatic heterocycles. The van der Waals surface area contributed by atoms with Crippen LogP contribution in [0.15, 0.2) is 11.2 Å². The topological polar surface area (TPSA) is 94.1 Å². The summed E-state index contributed by atoms with van der Waals surface area (Å²) in [5.74, 6) is 0. The first-order valence-corrected chi connectivity index (χ1v) is 7.85. The second kappa shape index (κ2) is 5.98. The molecule has 0 aliphatic heterocycles. The zero-order valence-corrected chi connectivity index (χ0v) is 12.8. The van der Waals surface area contributed by atoms with Gasteiger partial charge in [0.05, 0.1) is 6.20 Å². The summed E-state index contributed by atoms with van der Waals surface area (Å²) < 4.78 is 26.8. The summed E-state index contributed by atoms with van der Waals surface area (Å²) in [6, 6.07) is 0. The van der Waals surface area contributed by atoms with Gasteiger partial charge in [0.15, 0.2) is 0 Å². The highest BCUT2D eigenvalue weighted by molar-refractivity contribution is 7.89. The number of hydrogen-bond acceptors (Lipinski definition) is 5. The van der Waals surface area contributed by atoms with Crippen molar-refractivity contribution in [3.05, 3.63) is 6.20 Å². The second-order valence-electron chi connectivity index (χ2n) is 4.74. The van der Waals surface area contributed by atoms with Crippen LogP contribution in [0.1, 0.15) is 33.6 Å². The van der Waals surface area contributed by atoms with Gasteiger partial charge in [-0.25, -0.2) is 8.42 Å². The van der Waals surface area contributed by atoms with Crippen LogP contribution >= 0.6 is 0 Å². The highest BCUT2D eigenvalue weighted by Crippen LogP contribution is 2.28. The summed E-state index contributed by atoms with van der Waals surface area (Å²) in [5, 5.41) is 7.70. The summed E-state index contributed by atoms with van der Waals surface area (Å²) in [6.07, 6.45) is 2.69. The lowest BCUT2D eigenvalue weighted by Crippen LogP contribution is -2.51. The Morgan fingerprint density at radius 1 is 1.42 bits per heavy atom. The molecule has 0 aliphatic rings. The van der Waals surface area contributed by atoms with Crippen molar-refractivity contribution in [3.8, 4) is 0 Å². The summed E-state index contributed by atoms with van der Waals surface area (Å²) >= 11 is 0. The van der Waals surface area contributed by atoms with Gasteiger partial charge >= 0.3 is 0 Å². The molecule has 0 amide bonds. The van der Waals surface area contributed by atoms with Crippen LogP contribution in [0.2, 0.25) is 0 Å². The molecule has 1 aromatic rings. The number of aryl methyl sites for hydroxylation is 1. The number of rotatable bonds is 7. The minimum absolute atomic E-state index is 0.0309. The SMILES string of the molecule is CCC(C)(CC)N(CCN)S(=O)(=O)c1cnn(C)n1. The molecule has 0 atom stereocenters. The molecule has 0 unspecified atom stereocenters. The fourth-order valence-corrected chi connectivity index (χ4v) is 3.77. The lowest BCUT2D eigenvalue weighted by atomic mass is 9.95. The van der Waals surface area contributed by atoms with Crippen LogP contribution in [0.3, 0.4) is 0 Å². The molecule has 0 fully saturated rings. The third kappa shape index (κ3) is 3.13. The third-order valence-electron chi connectivity index (χ3n) is 3.59. The van der Waals surface area contributed by atoms with E-state index >= 15 is 0 Å². The quantitative estimate of drug-likeness (QED) is 0.781. The summed E-state index contributed by atoms with van der Waals surface area (Å²) in [5.41, 5.74) is 5.11. The Hall–Kier alpha value is -0.990. The van der Waals surface area contributed by atoms with Crippen LogP contribution in [0.5, 0.6) is 0 Å². The van der Waals surface area contributed by atoms with Gasteiger partial charge in [0, 0.05) is 25.7 Å². The van der Waals surface area contributed by atoms with E-state index < -0.39 is 15.6 Å². The summed E-state index contributed by atoms with van der Waals surface area (Å²) in [7, 11) is -2.08. The Labute approximate surface area is 114 Å². The van der Waals surface area contributed by atoms with E-state index in [9.17, 15) is 8.42 Å². The normalized spacial score (nSPS) is 13.2. The number of hydrogen-bond donors (Lipinski definition) is 1. The summed E-state index contributed by atoms with van der Waals surface area (Å²) in [4.78, 5) is 1.24. The van der Waals surface area contributed by atoms with Crippen molar-refractivity contribution in [2.24, 2.45) is 12.8 Å². The second-order valence-corrected chi connectivity index (χ2v) is 6.55. The van der Waals surface area contributed by atoms with Crippen molar-refractivity contribution in [3.63, 3.8) is 0 Å². The zero-order valence-electron chi connectivity index (χ0n) is 12.0. The Morgan fingerprint density at radius 3 is 2.37 bits per heavy atom. The molecule has 1 heterocycles. The van der Waals surface area contributed by atoms with E-state index in [1.165, 1.54) is 15.3 Å². The first kappa shape index (κ1) is 16.1. The monoisotopic (exact) mass is 289 g/mol. The predicted molar refractivity (Wildman–Crippen MR) is 72.9 cm³/mol. The van der Waals surface area contributed by atoms with Gasteiger partial charge < -0.3 is 5.73 Å². The molecule has 110 valence electrons. The van der Waals surface area contributed by atoms with Gasteiger partial charge in [-0.15, -0.1) is 5.10 Å². The van der Waals surface area contributed by atoms with Crippen LogP contribution < -0.4 is 5.73 Å². The number of sulfonamides is 1. The van der Waals surface area contributed by atoms with Gasteiger partial charge in [-0.05, 0) is 19.8 Å². The third-order valence-corrected chi connectivity index (χ3v) is 5.51. The Balaban J connectivity index is 3.25. The Kier molecular flexibility index (Phi) is 5.05. The fourth-order valence-electron chi connectivity index (χ4n) is 1.96. The maximum absolute atomic E-state index is 12.7. The highest BCUT2D eigenvalue weighted by Gasteiger charge is 2.39. The molecule has 0 bridgehead atoms. The van der Waals surface area contributed by atoms with E-state index in [0.717, 1.165) is 0 Å². The van der Waals surface area contributed by atoms with Crippen LogP contribution in [-0.4, -0.2) is 46.3 Å². The lowest BCUT2D eigenvalue weighted by Gasteiger charge is -2.38. The first-order valence-electron chi connectivity index (χ1n) is 6.41. The molecule has 0 aliphatic carbocycles. The molecule has 7 nitrogen and oxygen atoms in total.